The fraction of sp³-hybridized carbons (Fsp3) is 0.500. The fourth-order valence-corrected chi connectivity index (χ4v) is 12.2. The van der Waals surface area contributed by atoms with Crippen LogP contribution in [0.5, 0.6) is 23.4 Å². The van der Waals surface area contributed by atoms with E-state index < -0.39 is 35.3 Å². The summed E-state index contributed by atoms with van der Waals surface area (Å²) in [5.74, 6) is 1.68. The predicted molar refractivity (Wildman–Crippen MR) is 264 cm³/mol. The van der Waals surface area contributed by atoms with Gasteiger partial charge in [0.15, 0.2) is 5.82 Å². The van der Waals surface area contributed by atoms with Crippen molar-refractivity contribution in [3.05, 3.63) is 79.8 Å². The molecule has 3 aromatic heterocycles. The highest BCUT2D eigenvalue weighted by Crippen LogP contribution is 2.49. The van der Waals surface area contributed by atoms with Crippen LogP contribution in [0.25, 0.3) is 22.2 Å². The number of anilines is 2. The highest BCUT2D eigenvalue weighted by atomic mass is 127. The summed E-state index contributed by atoms with van der Waals surface area (Å²) in [7, 11) is 3.25. The number of aryl methyl sites for hydroxylation is 1. The van der Waals surface area contributed by atoms with E-state index in [9.17, 15) is 9.18 Å². The standard InChI is InChI=1S/C50H56ClF2IN8O6/c1-27-40(54)36(38(51)45(55-27)59(22-29-9-14-33(64-6)15-10-29)23-30-11-16-34(65-7)17-12-30)41-39(53)42-37-44(58-47(57-42)66-26-50-19-8-20-60(50)24-31(52)21-50)61-25-32-13-18-35(43(61)28(2)67-46(37)56-41)62(32)48(63)68-49(3,4)5/h9-12,14-17,28,31-32,35,43H,8,13,18-26H2,1-7H3/t28-,31+,32+,35-,43+,50-/m0/s1. The molecule has 18 heteroatoms. The number of ether oxygens (including phenoxy) is 5. The first-order chi connectivity index (χ1) is 32.5. The van der Waals surface area contributed by atoms with Crippen LogP contribution >= 0.6 is 34.2 Å². The second-order valence-corrected chi connectivity index (χ2v) is 21.2. The molecule has 0 unspecified atom stereocenters. The second-order valence-electron chi connectivity index (χ2n) is 19.7. The lowest BCUT2D eigenvalue weighted by Gasteiger charge is -2.48. The quantitative estimate of drug-likeness (QED) is 0.117. The zero-order valence-electron chi connectivity index (χ0n) is 39.3. The number of pyridine rings is 2. The smallest absolute Gasteiger partial charge is 0.410 e. The molecule has 5 aromatic rings. The highest BCUT2D eigenvalue weighted by molar-refractivity contribution is 14.1. The van der Waals surface area contributed by atoms with Crippen molar-refractivity contribution in [3.8, 4) is 34.6 Å². The number of alkyl halides is 1. The first kappa shape index (κ1) is 46.7. The van der Waals surface area contributed by atoms with Gasteiger partial charge in [-0.25, -0.2) is 23.5 Å². The Balaban J connectivity index is 1.11. The zero-order chi connectivity index (χ0) is 47.8. The lowest BCUT2D eigenvalue weighted by molar-refractivity contribution is 0.000933. The molecule has 360 valence electrons. The lowest BCUT2D eigenvalue weighted by Crippen LogP contribution is -2.65. The number of methoxy groups -OCH3 is 2. The first-order valence-electron chi connectivity index (χ1n) is 23.3. The number of hydrogen-bond acceptors (Lipinski definition) is 13. The van der Waals surface area contributed by atoms with Gasteiger partial charge in [-0.1, -0.05) is 35.9 Å². The number of hydrogen-bond donors (Lipinski definition) is 0. The maximum atomic E-state index is 18.1. The van der Waals surface area contributed by atoms with Crippen LogP contribution in [-0.4, -0.2) is 118 Å². The van der Waals surface area contributed by atoms with Crippen molar-refractivity contribution in [2.24, 2.45) is 0 Å². The van der Waals surface area contributed by atoms with Gasteiger partial charge in [-0.15, -0.1) is 0 Å². The number of rotatable bonds is 11. The molecule has 8 heterocycles. The molecule has 10 rings (SSSR count). The van der Waals surface area contributed by atoms with Crippen LogP contribution in [0.1, 0.15) is 76.6 Å². The van der Waals surface area contributed by atoms with E-state index in [0.29, 0.717) is 70.9 Å². The van der Waals surface area contributed by atoms with Gasteiger partial charge in [0.1, 0.15) is 64.2 Å². The maximum Gasteiger partial charge on any atom is 0.410 e. The number of amides is 1. The lowest BCUT2D eigenvalue weighted by atomic mass is 9.95. The molecule has 1 amide bonds. The minimum absolute atomic E-state index is 0.0363. The van der Waals surface area contributed by atoms with Crippen LogP contribution in [0.15, 0.2) is 48.5 Å². The molecule has 0 spiro atoms. The summed E-state index contributed by atoms with van der Waals surface area (Å²) < 4.78 is 63.9. The van der Waals surface area contributed by atoms with Gasteiger partial charge in [0.05, 0.1) is 48.6 Å². The Morgan fingerprint density at radius 1 is 0.985 bits per heavy atom. The minimum atomic E-state index is -0.963. The number of aromatic nitrogens is 4. The van der Waals surface area contributed by atoms with E-state index in [0.717, 1.165) is 48.4 Å². The van der Waals surface area contributed by atoms with Gasteiger partial charge in [0.25, 0.3) is 0 Å². The molecule has 2 aromatic carbocycles. The molecule has 0 aliphatic carbocycles. The van der Waals surface area contributed by atoms with Crippen LogP contribution in [0.3, 0.4) is 0 Å². The first-order valence-corrected chi connectivity index (χ1v) is 24.7. The molecular weight excluding hydrogens is 1010 g/mol. The molecule has 14 nitrogen and oxygen atoms in total. The zero-order valence-corrected chi connectivity index (χ0v) is 42.2. The molecule has 0 N–H and O–H groups in total. The summed E-state index contributed by atoms with van der Waals surface area (Å²) in [6, 6.07) is 14.6. The second kappa shape index (κ2) is 18.1. The Kier molecular flexibility index (Phi) is 12.4. The number of halogens is 4. The number of carbonyl (C=O) groups excluding carboxylic acids is 1. The van der Waals surface area contributed by atoms with Crippen molar-refractivity contribution in [3.63, 3.8) is 0 Å². The average molecular weight is 1070 g/mol. The summed E-state index contributed by atoms with van der Waals surface area (Å²) in [6.45, 7) is 11.9. The molecule has 5 aliphatic rings. The Morgan fingerprint density at radius 2 is 1.66 bits per heavy atom. The van der Waals surface area contributed by atoms with Crippen LogP contribution < -0.4 is 28.7 Å². The third-order valence-electron chi connectivity index (χ3n) is 14.1. The van der Waals surface area contributed by atoms with Crippen molar-refractivity contribution in [2.45, 2.75) is 121 Å². The summed E-state index contributed by atoms with van der Waals surface area (Å²) in [5.41, 5.74) is 1.57. The summed E-state index contributed by atoms with van der Waals surface area (Å²) in [5, 5.41) is 0.485. The molecule has 6 atom stereocenters. The van der Waals surface area contributed by atoms with E-state index in [-0.39, 0.29) is 52.9 Å². The Hall–Kier alpha value is -5.01. The fourth-order valence-electron chi connectivity index (χ4n) is 11.1. The summed E-state index contributed by atoms with van der Waals surface area (Å²) in [6.07, 6.45) is 1.60. The van der Waals surface area contributed by atoms with E-state index in [2.05, 4.69) is 37.3 Å². The number of fused-ring (bicyclic) bond motifs is 6. The Morgan fingerprint density at radius 3 is 2.31 bits per heavy atom. The topological polar surface area (TPSA) is 128 Å². The van der Waals surface area contributed by atoms with Crippen LogP contribution in [0.4, 0.5) is 25.2 Å². The molecule has 4 fully saturated rings. The van der Waals surface area contributed by atoms with Crippen molar-refractivity contribution >= 4 is 62.8 Å². The van der Waals surface area contributed by atoms with Crippen molar-refractivity contribution in [1.82, 2.24) is 29.7 Å². The van der Waals surface area contributed by atoms with Crippen LogP contribution in [0.2, 0.25) is 5.02 Å². The van der Waals surface area contributed by atoms with Gasteiger partial charge in [-0.3, -0.25) is 9.80 Å². The van der Waals surface area contributed by atoms with Gasteiger partial charge in [-0.2, -0.15) is 9.97 Å². The van der Waals surface area contributed by atoms with Gasteiger partial charge in [0, 0.05) is 41.7 Å². The van der Waals surface area contributed by atoms with Crippen molar-refractivity contribution in [2.75, 3.05) is 50.3 Å². The number of carbonyl (C=O) groups is 1. The van der Waals surface area contributed by atoms with Gasteiger partial charge < -0.3 is 33.5 Å². The van der Waals surface area contributed by atoms with E-state index in [1.807, 2.05) is 88.0 Å². The predicted octanol–water partition coefficient (Wildman–Crippen LogP) is 9.71. The molecule has 5 aliphatic heterocycles. The SMILES string of the molecule is COc1ccc(CN(Cc2ccc(OC)cc2)c2nc(C)c(I)c(-c3nc4c5c(nc(OC[C@@]67CCCN6C[C@H](F)C7)nc5c3F)N3C[C@H]5CC[C@@H]([C@H]3[C@H](C)O4)N5C(=O)OC(C)(C)C)c2Cl)cc1. The average Bonchev–Trinajstić information content (AvgIpc) is 3.92. The summed E-state index contributed by atoms with van der Waals surface area (Å²) >= 11 is 9.73. The van der Waals surface area contributed by atoms with Crippen molar-refractivity contribution in [1.29, 1.82) is 0 Å². The van der Waals surface area contributed by atoms with Crippen molar-refractivity contribution < 1.29 is 37.3 Å². The molecule has 2 bridgehead atoms. The van der Waals surface area contributed by atoms with E-state index >= 15 is 4.39 Å². The van der Waals surface area contributed by atoms with E-state index in [4.69, 9.17) is 55.2 Å². The monoisotopic (exact) mass is 1060 g/mol. The third-order valence-corrected chi connectivity index (χ3v) is 15.8. The highest BCUT2D eigenvalue weighted by Gasteiger charge is 2.54. The molecule has 68 heavy (non-hydrogen) atoms. The number of piperazine rings is 1. The van der Waals surface area contributed by atoms with E-state index in [1.54, 1.807) is 14.2 Å². The van der Waals surface area contributed by atoms with Crippen LogP contribution in [-0.2, 0) is 17.8 Å². The Bertz CT molecular complexity index is 2700. The largest absolute Gasteiger partial charge is 0.497 e. The van der Waals surface area contributed by atoms with E-state index in [1.165, 1.54) is 0 Å². The number of nitrogens with zero attached hydrogens (tertiary/aromatic N) is 8. The van der Waals surface area contributed by atoms with Gasteiger partial charge >= 0.3 is 12.1 Å². The van der Waals surface area contributed by atoms with Crippen LogP contribution in [0, 0.1) is 16.3 Å². The number of benzene rings is 2. The van der Waals surface area contributed by atoms with Gasteiger partial charge in [-0.05, 0) is 125 Å². The molecular formula is C50H56ClF2IN8O6. The normalized spacial score (nSPS) is 24.1. The third kappa shape index (κ3) is 8.47. The molecule has 0 saturated carbocycles. The molecule has 4 saturated heterocycles. The minimum Gasteiger partial charge on any atom is -0.497 e. The molecule has 0 radical (unpaired) electrons. The van der Waals surface area contributed by atoms with Gasteiger partial charge in [0.2, 0.25) is 5.88 Å². The summed E-state index contributed by atoms with van der Waals surface area (Å²) in [4.78, 5) is 42.0. The maximum absolute atomic E-state index is 18.1. The Labute approximate surface area is 413 Å².